The lowest BCUT2D eigenvalue weighted by molar-refractivity contribution is 0.0772. The molecule has 2 aromatic heterocycles. The van der Waals surface area contributed by atoms with Crippen molar-refractivity contribution in [1.82, 2.24) is 24.9 Å². The molecular formula is C23H24Cl2N6O. The zero-order valence-corrected chi connectivity index (χ0v) is 19.3. The molecule has 0 radical (unpaired) electrons. The minimum Gasteiger partial charge on any atom is -0.365 e. The molecule has 5 rings (SSSR count). The van der Waals surface area contributed by atoms with Gasteiger partial charge in [-0.1, -0.05) is 42.1 Å². The number of hydrogen-bond acceptors (Lipinski definition) is 5. The van der Waals surface area contributed by atoms with Crippen LogP contribution in [0.3, 0.4) is 0 Å². The van der Waals surface area contributed by atoms with E-state index in [0.29, 0.717) is 41.2 Å². The highest BCUT2D eigenvalue weighted by molar-refractivity contribution is 6.43. The molecule has 0 spiro atoms. The molecule has 7 nitrogen and oxygen atoms in total. The van der Waals surface area contributed by atoms with Crippen molar-refractivity contribution in [3.8, 4) is 0 Å². The molecule has 0 atom stereocenters. The van der Waals surface area contributed by atoms with Crippen LogP contribution in [0.2, 0.25) is 10.0 Å². The molecule has 1 aromatic carbocycles. The highest BCUT2D eigenvalue weighted by atomic mass is 35.5. The smallest absolute Gasteiger partial charge is 0.257 e. The van der Waals surface area contributed by atoms with E-state index in [4.69, 9.17) is 23.2 Å². The minimum absolute atomic E-state index is 0.0183. The molecule has 1 saturated carbocycles. The maximum atomic E-state index is 12.7. The monoisotopic (exact) mass is 470 g/mol. The predicted octanol–water partition coefficient (Wildman–Crippen LogP) is 4.95. The van der Waals surface area contributed by atoms with Crippen LogP contribution < -0.4 is 5.32 Å². The number of aromatic nitrogens is 4. The van der Waals surface area contributed by atoms with Gasteiger partial charge in [-0.15, -0.1) is 10.2 Å². The lowest BCUT2D eigenvalue weighted by atomic mass is 9.99. The van der Waals surface area contributed by atoms with Gasteiger partial charge in [-0.25, -0.2) is 0 Å². The van der Waals surface area contributed by atoms with Crippen LogP contribution in [0.1, 0.15) is 48.2 Å². The van der Waals surface area contributed by atoms with Crippen molar-refractivity contribution in [2.75, 3.05) is 18.4 Å². The van der Waals surface area contributed by atoms with Crippen molar-refractivity contribution in [2.24, 2.45) is 7.05 Å². The predicted molar refractivity (Wildman–Crippen MR) is 127 cm³/mol. The summed E-state index contributed by atoms with van der Waals surface area (Å²) in [4.78, 5) is 14.6. The molecule has 2 aliphatic rings. The first-order chi connectivity index (χ1) is 15.5. The summed E-state index contributed by atoms with van der Waals surface area (Å²) in [5.74, 6) is 0.731. The van der Waals surface area contributed by atoms with E-state index >= 15 is 0 Å². The van der Waals surface area contributed by atoms with Gasteiger partial charge in [0.25, 0.3) is 5.91 Å². The molecule has 0 saturated heterocycles. The second-order valence-corrected chi connectivity index (χ2v) is 9.28. The van der Waals surface area contributed by atoms with E-state index in [0.717, 1.165) is 40.7 Å². The van der Waals surface area contributed by atoms with Crippen molar-refractivity contribution >= 4 is 51.3 Å². The average Bonchev–Trinajstić information content (AvgIpc) is 3.46. The van der Waals surface area contributed by atoms with E-state index in [-0.39, 0.29) is 5.91 Å². The van der Waals surface area contributed by atoms with Crippen molar-refractivity contribution in [2.45, 2.75) is 38.1 Å². The third-order valence-corrected chi connectivity index (χ3v) is 6.99. The lowest BCUT2D eigenvalue weighted by Crippen LogP contribution is -2.34. The summed E-state index contributed by atoms with van der Waals surface area (Å²) in [5.41, 5.74) is 2.45. The highest BCUT2D eigenvalue weighted by Crippen LogP contribution is 2.36. The van der Waals surface area contributed by atoms with Crippen LogP contribution in [-0.4, -0.2) is 49.9 Å². The van der Waals surface area contributed by atoms with Crippen LogP contribution >= 0.6 is 23.2 Å². The van der Waals surface area contributed by atoms with Crippen LogP contribution in [0.15, 0.2) is 30.6 Å². The fourth-order valence-corrected chi connectivity index (χ4v) is 4.86. The van der Waals surface area contributed by atoms with Gasteiger partial charge < -0.3 is 10.2 Å². The summed E-state index contributed by atoms with van der Waals surface area (Å²) in [6, 6.07) is 4.15. The Kier molecular flexibility index (Phi) is 5.78. The number of benzene rings is 1. The Morgan fingerprint density at radius 2 is 1.88 bits per heavy atom. The number of carbonyl (C=O) groups is 1. The number of nitrogens with one attached hydrogen (secondary N) is 1. The molecule has 1 amide bonds. The van der Waals surface area contributed by atoms with Gasteiger partial charge in [0, 0.05) is 43.1 Å². The van der Waals surface area contributed by atoms with Crippen molar-refractivity contribution in [3.63, 3.8) is 0 Å². The van der Waals surface area contributed by atoms with Gasteiger partial charge in [0.15, 0.2) is 5.82 Å². The summed E-state index contributed by atoms with van der Waals surface area (Å²) in [6.07, 6.45) is 10.8. The van der Waals surface area contributed by atoms with Gasteiger partial charge >= 0.3 is 0 Å². The summed E-state index contributed by atoms with van der Waals surface area (Å²) >= 11 is 12.7. The Hall–Kier alpha value is -2.64. The molecule has 0 unspecified atom stereocenters. The largest absolute Gasteiger partial charge is 0.365 e. The van der Waals surface area contributed by atoms with Crippen molar-refractivity contribution in [3.05, 3.63) is 51.9 Å². The van der Waals surface area contributed by atoms with E-state index in [1.807, 2.05) is 23.1 Å². The SMILES string of the molecule is Cn1cc(C(=O)N2CC=C(c3nnc(NC4CCCC4)c4cc(Cl)c(Cl)cc34)CC2)cn1. The summed E-state index contributed by atoms with van der Waals surface area (Å²) < 4.78 is 1.64. The van der Waals surface area contributed by atoms with E-state index in [1.165, 1.54) is 12.8 Å². The van der Waals surface area contributed by atoms with Gasteiger partial charge in [0.2, 0.25) is 0 Å². The maximum Gasteiger partial charge on any atom is 0.257 e. The number of aryl methyl sites for hydroxylation is 1. The third-order valence-electron chi connectivity index (χ3n) is 6.27. The molecule has 1 N–H and O–H groups in total. The van der Waals surface area contributed by atoms with Gasteiger partial charge in [-0.05, 0) is 37.0 Å². The van der Waals surface area contributed by atoms with Crippen LogP contribution in [-0.2, 0) is 7.05 Å². The Balaban J connectivity index is 1.45. The van der Waals surface area contributed by atoms with Crippen LogP contribution in [0.5, 0.6) is 0 Å². The molecule has 166 valence electrons. The number of nitrogens with zero attached hydrogens (tertiary/aromatic N) is 5. The van der Waals surface area contributed by atoms with Crippen LogP contribution in [0, 0.1) is 0 Å². The van der Waals surface area contributed by atoms with E-state index < -0.39 is 0 Å². The summed E-state index contributed by atoms with van der Waals surface area (Å²) in [6.45, 7) is 1.11. The van der Waals surface area contributed by atoms with Gasteiger partial charge in [-0.2, -0.15) is 5.10 Å². The average molecular weight is 471 g/mol. The standard InChI is InChI=1S/C23H24Cl2N6O/c1-30-13-15(12-26-30)23(32)31-8-6-14(7-9-31)21-17-10-19(24)20(25)11-18(17)22(29-28-21)27-16-4-2-3-5-16/h6,10-13,16H,2-5,7-9H2,1H3,(H,27,29). The first-order valence-electron chi connectivity index (χ1n) is 10.9. The second-order valence-electron chi connectivity index (χ2n) is 8.47. The minimum atomic E-state index is -0.0183. The number of halogens is 2. The molecule has 1 fully saturated rings. The molecular weight excluding hydrogens is 447 g/mol. The van der Waals surface area contributed by atoms with E-state index in [2.05, 4.69) is 20.6 Å². The number of anilines is 1. The first kappa shape index (κ1) is 21.2. The molecule has 3 aromatic rings. The van der Waals surface area contributed by atoms with Crippen LogP contribution in [0.4, 0.5) is 5.82 Å². The number of fused-ring (bicyclic) bond motifs is 1. The van der Waals surface area contributed by atoms with E-state index in [1.54, 1.807) is 24.1 Å². The van der Waals surface area contributed by atoms with Gasteiger partial charge in [0.05, 0.1) is 27.5 Å². The maximum absolute atomic E-state index is 12.7. The molecule has 1 aliphatic carbocycles. The third kappa shape index (κ3) is 4.07. The Morgan fingerprint density at radius 1 is 1.12 bits per heavy atom. The van der Waals surface area contributed by atoms with Gasteiger partial charge in [0.1, 0.15) is 0 Å². The summed E-state index contributed by atoms with van der Waals surface area (Å²) in [5, 5.41) is 19.6. The van der Waals surface area contributed by atoms with Crippen molar-refractivity contribution < 1.29 is 4.79 Å². The number of hydrogen-bond donors (Lipinski definition) is 1. The summed E-state index contributed by atoms with van der Waals surface area (Å²) in [7, 11) is 1.80. The quantitative estimate of drug-likeness (QED) is 0.583. The highest BCUT2D eigenvalue weighted by Gasteiger charge is 2.24. The molecule has 32 heavy (non-hydrogen) atoms. The molecule has 1 aliphatic heterocycles. The zero-order chi connectivity index (χ0) is 22.2. The Morgan fingerprint density at radius 3 is 2.53 bits per heavy atom. The molecule has 3 heterocycles. The first-order valence-corrected chi connectivity index (χ1v) is 11.6. The zero-order valence-electron chi connectivity index (χ0n) is 17.8. The number of amides is 1. The van der Waals surface area contributed by atoms with Crippen molar-refractivity contribution in [1.29, 1.82) is 0 Å². The normalized spacial score (nSPS) is 17.1. The number of carbonyl (C=O) groups excluding carboxylic acids is 1. The Labute approximate surface area is 196 Å². The van der Waals surface area contributed by atoms with Gasteiger partial charge in [-0.3, -0.25) is 9.48 Å². The van der Waals surface area contributed by atoms with E-state index in [9.17, 15) is 4.79 Å². The molecule has 9 heteroatoms. The Bertz CT molecular complexity index is 1210. The number of rotatable bonds is 4. The topological polar surface area (TPSA) is 75.9 Å². The second kappa shape index (κ2) is 8.71. The molecule has 0 bridgehead atoms. The van der Waals surface area contributed by atoms with Crippen LogP contribution in [0.25, 0.3) is 16.3 Å². The lowest BCUT2D eigenvalue weighted by Gasteiger charge is -2.26. The fourth-order valence-electron chi connectivity index (χ4n) is 4.54. The fraction of sp³-hybridized carbons (Fsp3) is 0.391.